The van der Waals surface area contributed by atoms with E-state index in [1.54, 1.807) is 22.7 Å². The van der Waals surface area contributed by atoms with Crippen LogP contribution in [-0.4, -0.2) is 24.9 Å². The van der Waals surface area contributed by atoms with Crippen LogP contribution < -0.4 is 0 Å². The van der Waals surface area contributed by atoms with E-state index in [2.05, 4.69) is 121 Å². The highest BCUT2D eigenvalue weighted by atomic mass is 32.1. The molecule has 0 unspecified atom stereocenters. The fourth-order valence-corrected chi connectivity index (χ4v) is 9.66. The van der Waals surface area contributed by atoms with Crippen molar-refractivity contribution in [1.29, 1.82) is 0 Å². The molecule has 0 bridgehead atoms. The zero-order valence-electron chi connectivity index (χ0n) is 29.8. The Morgan fingerprint density at radius 2 is 0.839 bits per heavy atom. The molecule has 5 nitrogen and oxygen atoms in total. The van der Waals surface area contributed by atoms with Crippen LogP contribution in [-0.2, 0) is 0 Å². The van der Waals surface area contributed by atoms with Crippen molar-refractivity contribution in [2.45, 2.75) is 0 Å². The van der Waals surface area contributed by atoms with Gasteiger partial charge in [0.05, 0.1) is 15.9 Å². The molecule has 0 aliphatic carbocycles. The van der Waals surface area contributed by atoms with Gasteiger partial charge in [-0.2, -0.15) is 0 Å². The molecule has 7 heteroatoms. The zero-order valence-corrected chi connectivity index (χ0v) is 31.4. The van der Waals surface area contributed by atoms with Gasteiger partial charge in [-0.3, -0.25) is 0 Å². The van der Waals surface area contributed by atoms with Crippen molar-refractivity contribution in [1.82, 2.24) is 24.9 Å². The van der Waals surface area contributed by atoms with Crippen LogP contribution in [0.2, 0.25) is 0 Å². The van der Waals surface area contributed by atoms with E-state index in [4.69, 9.17) is 24.9 Å². The summed E-state index contributed by atoms with van der Waals surface area (Å²) in [5.74, 6) is 2.65. The molecular formula is C49H29N5S2. The van der Waals surface area contributed by atoms with E-state index in [0.29, 0.717) is 17.5 Å². The molecule has 0 saturated heterocycles. The maximum atomic E-state index is 5.22. The Morgan fingerprint density at radius 3 is 1.57 bits per heavy atom. The fraction of sp³-hybridized carbons (Fsp3) is 0. The van der Waals surface area contributed by atoms with Crippen LogP contribution in [0.1, 0.15) is 0 Å². The van der Waals surface area contributed by atoms with Gasteiger partial charge in [0, 0.05) is 58.1 Å². The Morgan fingerprint density at radius 1 is 0.286 bits per heavy atom. The van der Waals surface area contributed by atoms with E-state index in [1.165, 1.54) is 24.9 Å². The normalized spacial score (nSPS) is 11.6. The van der Waals surface area contributed by atoms with Crippen molar-refractivity contribution in [2.24, 2.45) is 0 Å². The van der Waals surface area contributed by atoms with Gasteiger partial charge in [-0.05, 0) is 47.5 Å². The molecule has 7 aromatic carbocycles. The van der Waals surface area contributed by atoms with Crippen molar-refractivity contribution in [3.8, 4) is 67.9 Å². The Hall–Kier alpha value is -6.93. The van der Waals surface area contributed by atoms with Gasteiger partial charge >= 0.3 is 0 Å². The van der Waals surface area contributed by atoms with Crippen LogP contribution >= 0.6 is 22.7 Å². The minimum absolute atomic E-state index is 0.637. The molecule has 0 aliphatic heterocycles. The SMILES string of the molecule is c1ccc(-c2cccc(-c3nc(-c4ccccc4)nc(-c4ccc5sc6cc(-c7nc(-c8ccccc8)nc8c7sc7ccccc78)ccc6c5c4)n3)c2)cc1. The second kappa shape index (κ2) is 13.4. The highest BCUT2D eigenvalue weighted by molar-refractivity contribution is 7.26. The third-order valence-corrected chi connectivity index (χ3v) is 12.5. The second-order valence-electron chi connectivity index (χ2n) is 13.7. The molecule has 4 aromatic heterocycles. The van der Waals surface area contributed by atoms with E-state index in [0.717, 1.165) is 66.1 Å². The highest BCUT2D eigenvalue weighted by Gasteiger charge is 2.19. The molecule has 0 aliphatic rings. The monoisotopic (exact) mass is 751 g/mol. The zero-order chi connectivity index (χ0) is 37.0. The number of hydrogen-bond donors (Lipinski definition) is 0. The van der Waals surface area contributed by atoms with Gasteiger partial charge in [0.25, 0.3) is 0 Å². The number of rotatable bonds is 6. The van der Waals surface area contributed by atoms with Gasteiger partial charge < -0.3 is 0 Å². The molecule has 0 radical (unpaired) electrons. The Labute approximate surface area is 330 Å². The number of fused-ring (bicyclic) bond motifs is 6. The summed E-state index contributed by atoms with van der Waals surface area (Å²) in [7, 11) is 0. The third-order valence-electron chi connectivity index (χ3n) is 10.1. The molecule has 4 heterocycles. The largest absolute Gasteiger partial charge is 0.226 e. The lowest BCUT2D eigenvalue weighted by molar-refractivity contribution is 1.07. The third kappa shape index (κ3) is 5.73. The summed E-state index contributed by atoms with van der Waals surface area (Å²) >= 11 is 3.55. The van der Waals surface area contributed by atoms with Gasteiger partial charge in [0.2, 0.25) is 0 Å². The lowest BCUT2D eigenvalue weighted by Crippen LogP contribution is -2.00. The van der Waals surface area contributed by atoms with E-state index in [-0.39, 0.29) is 0 Å². The first-order chi connectivity index (χ1) is 27.7. The number of benzene rings is 7. The van der Waals surface area contributed by atoms with E-state index in [1.807, 2.05) is 54.6 Å². The first kappa shape index (κ1) is 32.5. The van der Waals surface area contributed by atoms with Crippen molar-refractivity contribution in [2.75, 3.05) is 0 Å². The van der Waals surface area contributed by atoms with Gasteiger partial charge in [0.15, 0.2) is 23.3 Å². The fourth-order valence-electron chi connectivity index (χ4n) is 7.39. The maximum Gasteiger partial charge on any atom is 0.164 e. The quantitative estimate of drug-likeness (QED) is 0.169. The van der Waals surface area contributed by atoms with Gasteiger partial charge in [-0.1, -0.05) is 140 Å². The van der Waals surface area contributed by atoms with Crippen LogP contribution in [0.3, 0.4) is 0 Å². The van der Waals surface area contributed by atoms with E-state index in [9.17, 15) is 0 Å². The van der Waals surface area contributed by atoms with Crippen molar-refractivity contribution in [3.63, 3.8) is 0 Å². The minimum Gasteiger partial charge on any atom is -0.226 e. The average Bonchev–Trinajstić information content (AvgIpc) is 3.84. The topological polar surface area (TPSA) is 64.5 Å². The first-order valence-corrected chi connectivity index (χ1v) is 20.0. The lowest BCUT2D eigenvalue weighted by Gasteiger charge is -2.10. The minimum atomic E-state index is 0.637. The highest BCUT2D eigenvalue weighted by Crippen LogP contribution is 2.42. The van der Waals surface area contributed by atoms with E-state index < -0.39 is 0 Å². The maximum absolute atomic E-state index is 5.22. The van der Waals surface area contributed by atoms with Crippen LogP contribution in [0.25, 0.3) is 108 Å². The second-order valence-corrected chi connectivity index (χ2v) is 15.8. The molecule has 0 amide bonds. The number of nitrogens with zero attached hydrogens (tertiary/aromatic N) is 5. The van der Waals surface area contributed by atoms with Crippen LogP contribution in [0.15, 0.2) is 176 Å². The predicted octanol–water partition coefficient (Wildman–Crippen LogP) is 13.4. The van der Waals surface area contributed by atoms with Gasteiger partial charge in [0.1, 0.15) is 0 Å². The summed E-state index contributed by atoms with van der Waals surface area (Å²) < 4.78 is 4.71. The van der Waals surface area contributed by atoms with Crippen molar-refractivity contribution < 1.29 is 0 Å². The predicted molar refractivity (Wildman–Crippen MR) is 234 cm³/mol. The molecule has 0 spiro atoms. The Balaban J connectivity index is 1.04. The molecule has 56 heavy (non-hydrogen) atoms. The molecule has 0 fully saturated rings. The van der Waals surface area contributed by atoms with E-state index >= 15 is 0 Å². The summed E-state index contributed by atoms with van der Waals surface area (Å²) in [5, 5.41) is 3.52. The summed E-state index contributed by atoms with van der Waals surface area (Å²) in [6.07, 6.45) is 0. The summed E-state index contributed by atoms with van der Waals surface area (Å²) in [5.41, 5.74) is 9.12. The summed E-state index contributed by atoms with van der Waals surface area (Å²) in [6, 6.07) is 61.0. The smallest absolute Gasteiger partial charge is 0.164 e. The van der Waals surface area contributed by atoms with Gasteiger partial charge in [-0.25, -0.2) is 24.9 Å². The summed E-state index contributed by atoms with van der Waals surface area (Å²) in [4.78, 5) is 25.5. The van der Waals surface area contributed by atoms with Crippen molar-refractivity contribution in [3.05, 3.63) is 176 Å². The Kier molecular flexibility index (Phi) is 7.79. The number of thiophene rings is 2. The van der Waals surface area contributed by atoms with Crippen LogP contribution in [0.4, 0.5) is 0 Å². The molecule has 262 valence electrons. The molecule has 11 rings (SSSR count). The molecule has 11 aromatic rings. The Bertz CT molecular complexity index is 3250. The molecule has 0 N–H and O–H groups in total. The molecule has 0 saturated carbocycles. The number of hydrogen-bond acceptors (Lipinski definition) is 7. The summed E-state index contributed by atoms with van der Waals surface area (Å²) in [6.45, 7) is 0. The van der Waals surface area contributed by atoms with Gasteiger partial charge in [-0.15, -0.1) is 22.7 Å². The molecular weight excluding hydrogens is 723 g/mol. The lowest BCUT2D eigenvalue weighted by atomic mass is 10.0. The average molecular weight is 752 g/mol. The first-order valence-electron chi connectivity index (χ1n) is 18.4. The van der Waals surface area contributed by atoms with Crippen molar-refractivity contribution >= 4 is 63.1 Å². The number of aromatic nitrogens is 5. The van der Waals surface area contributed by atoms with Crippen LogP contribution in [0, 0.1) is 0 Å². The molecule has 0 atom stereocenters. The standard InChI is InChI=1S/C49H29N5S2/c1-4-13-30(14-5-1)33-19-12-20-35(27-33)48-52-47(32-17-8-3-9-18-32)53-49(54-48)36-24-26-41-39(28-36)37-25-23-34(29-42(37)55-41)43-45-44(38-21-10-11-22-40(38)56-45)51-46(50-43)31-15-6-2-7-16-31/h1-29H. The van der Waals surface area contributed by atoms with Crippen LogP contribution in [0.5, 0.6) is 0 Å².